The summed E-state index contributed by atoms with van der Waals surface area (Å²) in [4.78, 5) is 15.9. The summed E-state index contributed by atoms with van der Waals surface area (Å²) in [6, 6.07) is 23.2. The maximum absolute atomic E-state index is 14.2. The van der Waals surface area contributed by atoms with Crippen molar-refractivity contribution in [3.8, 4) is 0 Å². The standard InChI is InChI=1S/C34H37F3N4O/c1-32(2,3)26-15-11-23(12-16-26)21-40(22-24-13-17-27(18-14-24)34(35,36)37)31(42)28-20-38-41-30(28)39-29(19-33(41,4)5)25-9-7-6-8-10-25/h6-18,20,29,39H,19,21-22H2,1-5H3. The van der Waals surface area contributed by atoms with E-state index in [1.165, 1.54) is 17.7 Å². The van der Waals surface area contributed by atoms with E-state index in [1.54, 1.807) is 11.1 Å². The molecule has 4 aromatic rings. The smallest absolute Gasteiger partial charge is 0.363 e. The lowest BCUT2D eigenvalue weighted by molar-refractivity contribution is -0.137. The molecule has 0 saturated heterocycles. The van der Waals surface area contributed by atoms with Gasteiger partial charge in [-0.05, 0) is 60.1 Å². The summed E-state index contributed by atoms with van der Waals surface area (Å²) in [6.07, 6.45) is -2.04. The minimum Gasteiger partial charge on any atom is -0.363 e. The van der Waals surface area contributed by atoms with Crippen LogP contribution in [0.5, 0.6) is 0 Å². The first-order chi connectivity index (χ1) is 19.7. The summed E-state index contributed by atoms with van der Waals surface area (Å²) in [7, 11) is 0. The van der Waals surface area contributed by atoms with Gasteiger partial charge < -0.3 is 10.2 Å². The predicted octanol–water partition coefficient (Wildman–Crippen LogP) is 8.33. The number of anilines is 1. The van der Waals surface area contributed by atoms with Gasteiger partial charge in [-0.2, -0.15) is 18.3 Å². The van der Waals surface area contributed by atoms with Gasteiger partial charge in [0.2, 0.25) is 0 Å². The van der Waals surface area contributed by atoms with E-state index >= 15 is 0 Å². The number of aromatic nitrogens is 2. The molecule has 0 saturated carbocycles. The Morgan fingerprint density at radius 2 is 1.45 bits per heavy atom. The van der Waals surface area contributed by atoms with Gasteiger partial charge in [0, 0.05) is 13.1 Å². The first-order valence-corrected chi connectivity index (χ1v) is 14.2. The summed E-state index contributed by atoms with van der Waals surface area (Å²) in [6.45, 7) is 11.1. The number of nitrogens with zero attached hydrogens (tertiary/aromatic N) is 3. The van der Waals surface area contributed by atoms with Crippen molar-refractivity contribution in [2.75, 3.05) is 5.32 Å². The fourth-order valence-electron chi connectivity index (χ4n) is 5.51. The summed E-state index contributed by atoms with van der Waals surface area (Å²) in [5.41, 5.74) is 3.19. The predicted molar refractivity (Wildman–Crippen MR) is 159 cm³/mol. The van der Waals surface area contributed by atoms with Crippen molar-refractivity contribution in [2.24, 2.45) is 0 Å². The number of carbonyl (C=O) groups excluding carboxylic acids is 1. The molecule has 220 valence electrons. The lowest BCUT2D eigenvalue weighted by Crippen LogP contribution is -2.39. The van der Waals surface area contributed by atoms with Crippen molar-refractivity contribution < 1.29 is 18.0 Å². The van der Waals surface area contributed by atoms with Gasteiger partial charge in [-0.15, -0.1) is 0 Å². The largest absolute Gasteiger partial charge is 0.416 e. The molecule has 1 aliphatic heterocycles. The van der Waals surface area contributed by atoms with Crippen LogP contribution in [-0.4, -0.2) is 20.6 Å². The van der Waals surface area contributed by atoms with Crippen molar-refractivity contribution in [3.63, 3.8) is 0 Å². The molecule has 0 fully saturated rings. The average molecular weight is 575 g/mol. The van der Waals surface area contributed by atoms with Crippen molar-refractivity contribution in [1.82, 2.24) is 14.7 Å². The van der Waals surface area contributed by atoms with Gasteiger partial charge in [0.05, 0.1) is 23.3 Å². The van der Waals surface area contributed by atoms with Crippen LogP contribution in [-0.2, 0) is 30.2 Å². The van der Waals surface area contributed by atoms with E-state index in [0.29, 0.717) is 23.5 Å². The zero-order valence-corrected chi connectivity index (χ0v) is 24.7. The van der Waals surface area contributed by atoms with E-state index in [2.05, 4.69) is 69.3 Å². The molecule has 0 aliphatic carbocycles. The molecule has 1 amide bonds. The maximum Gasteiger partial charge on any atom is 0.416 e. The second-order valence-electron chi connectivity index (χ2n) is 12.7. The molecule has 1 aliphatic rings. The highest BCUT2D eigenvalue weighted by atomic mass is 19.4. The summed E-state index contributed by atoms with van der Waals surface area (Å²) >= 11 is 0. The Bertz CT molecular complexity index is 1470. The molecule has 1 N–H and O–H groups in total. The molecule has 5 nitrogen and oxygen atoms in total. The van der Waals surface area contributed by atoms with Crippen molar-refractivity contribution in [2.45, 2.75) is 77.3 Å². The summed E-state index contributed by atoms with van der Waals surface area (Å²) in [5.74, 6) is 0.402. The van der Waals surface area contributed by atoms with Crippen LogP contribution >= 0.6 is 0 Å². The van der Waals surface area contributed by atoms with E-state index in [1.807, 2.05) is 35.0 Å². The van der Waals surface area contributed by atoms with Gasteiger partial charge in [-0.3, -0.25) is 4.79 Å². The van der Waals surface area contributed by atoms with E-state index in [0.717, 1.165) is 29.7 Å². The molecule has 1 aromatic heterocycles. The SMILES string of the molecule is CC(C)(C)c1ccc(CN(Cc2ccc(C(F)(F)F)cc2)C(=O)c2cnn3c2NC(c2ccccc2)CC3(C)C)cc1. The molecular formula is C34H37F3N4O. The third-order valence-electron chi connectivity index (χ3n) is 7.92. The van der Waals surface area contributed by atoms with Gasteiger partial charge in [-0.25, -0.2) is 4.68 Å². The molecule has 5 rings (SSSR count). The van der Waals surface area contributed by atoms with Crippen LogP contribution in [0.2, 0.25) is 0 Å². The van der Waals surface area contributed by atoms with Crippen LogP contribution in [0.3, 0.4) is 0 Å². The average Bonchev–Trinajstić information content (AvgIpc) is 3.37. The highest BCUT2D eigenvalue weighted by Crippen LogP contribution is 2.40. The third-order valence-corrected chi connectivity index (χ3v) is 7.92. The zero-order chi connectivity index (χ0) is 30.3. The number of amides is 1. The van der Waals surface area contributed by atoms with E-state index in [9.17, 15) is 18.0 Å². The summed E-state index contributed by atoms with van der Waals surface area (Å²) < 4.78 is 41.5. The topological polar surface area (TPSA) is 50.2 Å². The number of nitrogens with one attached hydrogen (secondary N) is 1. The first-order valence-electron chi connectivity index (χ1n) is 14.2. The third kappa shape index (κ3) is 6.22. The maximum atomic E-state index is 14.2. The molecule has 1 unspecified atom stereocenters. The minimum atomic E-state index is -4.42. The molecule has 42 heavy (non-hydrogen) atoms. The van der Waals surface area contributed by atoms with E-state index < -0.39 is 11.7 Å². The highest BCUT2D eigenvalue weighted by Gasteiger charge is 2.37. The molecule has 2 heterocycles. The number of alkyl halides is 3. The molecule has 1 atom stereocenters. The van der Waals surface area contributed by atoms with Gasteiger partial charge >= 0.3 is 6.18 Å². The van der Waals surface area contributed by atoms with Crippen molar-refractivity contribution in [1.29, 1.82) is 0 Å². The Morgan fingerprint density at radius 3 is 1.98 bits per heavy atom. The lowest BCUT2D eigenvalue weighted by atomic mass is 9.87. The van der Waals surface area contributed by atoms with Crippen molar-refractivity contribution >= 4 is 11.7 Å². The normalized spacial score (nSPS) is 16.4. The van der Waals surface area contributed by atoms with Crippen LogP contribution in [0.25, 0.3) is 0 Å². The molecule has 0 radical (unpaired) electrons. The number of carbonyl (C=O) groups is 1. The van der Waals surface area contributed by atoms with Crippen LogP contribution in [0.1, 0.15) is 85.3 Å². The Kier molecular flexibility index (Phi) is 7.68. The zero-order valence-electron chi connectivity index (χ0n) is 24.7. The molecule has 3 aromatic carbocycles. The minimum absolute atomic E-state index is 0.00902. The molecule has 8 heteroatoms. The number of hydrogen-bond acceptors (Lipinski definition) is 3. The van der Waals surface area contributed by atoms with Gasteiger partial charge in [0.1, 0.15) is 11.4 Å². The number of fused-ring (bicyclic) bond motifs is 1. The quantitative estimate of drug-likeness (QED) is 0.252. The fraction of sp³-hybridized carbons (Fsp3) is 0.353. The molecular weight excluding hydrogens is 537 g/mol. The van der Waals surface area contributed by atoms with E-state index in [-0.39, 0.29) is 29.4 Å². The Morgan fingerprint density at radius 1 is 0.905 bits per heavy atom. The van der Waals surface area contributed by atoms with Gasteiger partial charge in [0.15, 0.2) is 0 Å². The number of halogens is 3. The first kappa shape index (κ1) is 29.4. The van der Waals surface area contributed by atoms with Crippen LogP contribution in [0, 0.1) is 0 Å². The van der Waals surface area contributed by atoms with Gasteiger partial charge in [-0.1, -0.05) is 87.5 Å². The van der Waals surface area contributed by atoms with E-state index in [4.69, 9.17) is 0 Å². The number of benzene rings is 3. The number of rotatable bonds is 6. The molecule has 0 spiro atoms. The highest BCUT2D eigenvalue weighted by molar-refractivity contribution is 5.99. The van der Waals surface area contributed by atoms with Crippen LogP contribution in [0.4, 0.5) is 19.0 Å². The second-order valence-corrected chi connectivity index (χ2v) is 12.7. The fourth-order valence-corrected chi connectivity index (χ4v) is 5.51. The molecule has 0 bridgehead atoms. The number of hydrogen-bond donors (Lipinski definition) is 1. The lowest BCUT2D eigenvalue weighted by Gasteiger charge is -2.38. The second kappa shape index (κ2) is 11.0. The Labute approximate surface area is 245 Å². The summed E-state index contributed by atoms with van der Waals surface area (Å²) in [5, 5.41) is 8.17. The Hall–Kier alpha value is -4.07. The van der Waals surface area contributed by atoms with Crippen LogP contribution in [0.15, 0.2) is 85.1 Å². The monoisotopic (exact) mass is 574 g/mol. The Balaban J connectivity index is 1.48. The van der Waals surface area contributed by atoms with Crippen molar-refractivity contribution in [3.05, 3.63) is 118 Å². The van der Waals surface area contributed by atoms with Gasteiger partial charge in [0.25, 0.3) is 5.91 Å². The van der Waals surface area contributed by atoms with Crippen LogP contribution < -0.4 is 5.32 Å².